The minimum atomic E-state index is 0.658. The summed E-state index contributed by atoms with van der Waals surface area (Å²) in [6, 6.07) is 17.2. The van der Waals surface area contributed by atoms with Crippen molar-refractivity contribution in [1.29, 1.82) is 0 Å². The molecule has 1 aromatic carbocycles. The van der Waals surface area contributed by atoms with E-state index >= 15 is 0 Å². The summed E-state index contributed by atoms with van der Waals surface area (Å²) in [5.74, 6) is 0.867. The second-order valence-corrected chi connectivity index (χ2v) is 7.40. The van der Waals surface area contributed by atoms with Crippen molar-refractivity contribution in [1.82, 2.24) is 15.3 Å². The summed E-state index contributed by atoms with van der Waals surface area (Å²) in [4.78, 5) is 10.4. The average Bonchev–Trinajstić information content (AvgIpc) is 3.33. The number of aryl methyl sites for hydroxylation is 1. The fourth-order valence-electron chi connectivity index (χ4n) is 3.19. The maximum atomic E-state index is 4.74. The fourth-order valence-corrected chi connectivity index (χ4v) is 4.02. The summed E-state index contributed by atoms with van der Waals surface area (Å²) in [5, 5.41) is 7.77. The van der Waals surface area contributed by atoms with Crippen molar-refractivity contribution >= 4 is 22.3 Å². The Labute approximate surface area is 152 Å². The van der Waals surface area contributed by atoms with E-state index in [2.05, 4.69) is 39.9 Å². The lowest BCUT2D eigenvalue weighted by molar-refractivity contribution is 0.555. The van der Waals surface area contributed by atoms with Crippen molar-refractivity contribution in [3.63, 3.8) is 0 Å². The van der Waals surface area contributed by atoms with Gasteiger partial charge in [-0.2, -0.15) is 0 Å². The van der Waals surface area contributed by atoms with Crippen molar-refractivity contribution in [3.8, 4) is 10.4 Å². The number of aromatic nitrogens is 2. The summed E-state index contributed by atoms with van der Waals surface area (Å²) in [6.07, 6.45) is 6.68. The normalized spacial score (nSPS) is 16.9. The molecule has 0 spiro atoms. The summed E-state index contributed by atoms with van der Waals surface area (Å²) in [7, 11) is 0. The number of nitrogens with one attached hydrogen (secondary N) is 2. The molecule has 1 atom stereocenters. The molecule has 1 fully saturated rings. The zero-order valence-corrected chi connectivity index (χ0v) is 14.9. The summed E-state index contributed by atoms with van der Waals surface area (Å²) in [6.45, 7) is 1.16. The first kappa shape index (κ1) is 16.2. The quantitative estimate of drug-likeness (QED) is 0.680. The lowest BCUT2D eigenvalue weighted by Gasteiger charge is -2.10. The second kappa shape index (κ2) is 7.76. The Morgan fingerprint density at radius 1 is 1.12 bits per heavy atom. The number of nitrogens with zero attached hydrogens (tertiary/aromatic N) is 2. The standard InChI is InChI=1S/C20H22N4S/c1-2-6-15(7-3-1)18-14-22-20(25-18)24-19-10-4-8-17(23-19)12-11-16-9-5-13-21-16/h1-4,6-8,10,14,16,21H,5,9,11-13H2,(H,22,23,24). The monoisotopic (exact) mass is 350 g/mol. The topological polar surface area (TPSA) is 49.8 Å². The van der Waals surface area contributed by atoms with Crippen LogP contribution in [0.4, 0.5) is 10.9 Å². The van der Waals surface area contributed by atoms with Crippen molar-refractivity contribution < 1.29 is 0 Å². The highest BCUT2D eigenvalue weighted by atomic mass is 32.1. The Morgan fingerprint density at radius 3 is 2.88 bits per heavy atom. The molecule has 5 heteroatoms. The first-order valence-electron chi connectivity index (χ1n) is 8.84. The number of hydrogen-bond donors (Lipinski definition) is 2. The fraction of sp³-hybridized carbons (Fsp3) is 0.300. The van der Waals surface area contributed by atoms with Gasteiger partial charge in [-0.25, -0.2) is 9.97 Å². The SMILES string of the molecule is c1ccc(-c2cnc(Nc3cccc(CCC4CCCN4)n3)s2)cc1. The van der Waals surface area contributed by atoms with Crippen LogP contribution < -0.4 is 10.6 Å². The summed E-state index contributed by atoms with van der Waals surface area (Å²) < 4.78 is 0. The van der Waals surface area contributed by atoms with Crippen molar-refractivity contribution in [3.05, 3.63) is 60.4 Å². The van der Waals surface area contributed by atoms with Crippen LogP contribution in [0.2, 0.25) is 0 Å². The number of hydrogen-bond acceptors (Lipinski definition) is 5. The number of benzene rings is 1. The van der Waals surface area contributed by atoms with Gasteiger partial charge in [-0.3, -0.25) is 0 Å². The van der Waals surface area contributed by atoms with E-state index in [1.807, 2.05) is 30.5 Å². The number of rotatable bonds is 6. The van der Waals surface area contributed by atoms with Gasteiger partial charge in [0.05, 0.1) is 4.88 Å². The van der Waals surface area contributed by atoms with Crippen LogP contribution >= 0.6 is 11.3 Å². The van der Waals surface area contributed by atoms with Gasteiger partial charge in [-0.15, -0.1) is 0 Å². The van der Waals surface area contributed by atoms with Gasteiger partial charge >= 0.3 is 0 Å². The van der Waals surface area contributed by atoms with Crippen LogP contribution in [0.3, 0.4) is 0 Å². The number of anilines is 2. The van der Waals surface area contributed by atoms with Crippen LogP contribution in [-0.4, -0.2) is 22.6 Å². The van der Waals surface area contributed by atoms with E-state index in [-0.39, 0.29) is 0 Å². The smallest absolute Gasteiger partial charge is 0.188 e. The van der Waals surface area contributed by atoms with Crippen LogP contribution in [0, 0.1) is 0 Å². The van der Waals surface area contributed by atoms with Gasteiger partial charge in [0.2, 0.25) is 0 Å². The Morgan fingerprint density at radius 2 is 2.04 bits per heavy atom. The third-order valence-electron chi connectivity index (χ3n) is 4.52. The summed E-state index contributed by atoms with van der Waals surface area (Å²) in [5.41, 5.74) is 2.33. The molecule has 25 heavy (non-hydrogen) atoms. The van der Waals surface area contributed by atoms with Gasteiger partial charge in [0.15, 0.2) is 5.13 Å². The first-order valence-corrected chi connectivity index (χ1v) is 9.66. The summed E-state index contributed by atoms with van der Waals surface area (Å²) >= 11 is 1.65. The largest absolute Gasteiger partial charge is 0.316 e. The van der Waals surface area contributed by atoms with Crippen LogP contribution in [0.5, 0.6) is 0 Å². The molecule has 128 valence electrons. The number of pyridine rings is 1. The molecule has 1 aliphatic rings. The van der Waals surface area contributed by atoms with E-state index in [9.17, 15) is 0 Å². The van der Waals surface area contributed by atoms with E-state index in [4.69, 9.17) is 4.98 Å². The minimum Gasteiger partial charge on any atom is -0.316 e. The highest BCUT2D eigenvalue weighted by molar-refractivity contribution is 7.18. The third-order valence-corrected chi connectivity index (χ3v) is 5.48. The molecule has 4 rings (SSSR count). The third kappa shape index (κ3) is 4.24. The molecule has 1 aliphatic heterocycles. The second-order valence-electron chi connectivity index (χ2n) is 6.37. The lowest BCUT2D eigenvalue weighted by atomic mass is 10.1. The maximum absolute atomic E-state index is 4.74. The molecule has 1 unspecified atom stereocenters. The van der Waals surface area contributed by atoms with Gasteiger partial charge in [0.1, 0.15) is 5.82 Å². The molecule has 2 aromatic heterocycles. The van der Waals surface area contributed by atoms with Crippen LogP contribution in [-0.2, 0) is 6.42 Å². The molecule has 0 bridgehead atoms. The van der Waals surface area contributed by atoms with Crippen LogP contribution in [0.15, 0.2) is 54.7 Å². The molecule has 0 radical (unpaired) electrons. The van der Waals surface area contributed by atoms with Crippen molar-refractivity contribution in [2.45, 2.75) is 31.7 Å². The van der Waals surface area contributed by atoms with Gasteiger partial charge in [-0.1, -0.05) is 47.7 Å². The van der Waals surface area contributed by atoms with Gasteiger partial charge < -0.3 is 10.6 Å². The minimum absolute atomic E-state index is 0.658. The van der Waals surface area contributed by atoms with E-state index < -0.39 is 0 Å². The molecular weight excluding hydrogens is 328 g/mol. The van der Waals surface area contributed by atoms with Crippen LogP contribution in [0.25, 0.3) is 10.4 Å². The van der Waals surface area contributed by atoms with Gasteiger partial charge in [0, 0.05) is 17.9 Å². The average molecular weight is 350 g/mol. The Kier molecular flexibility index (Phi) is 5.04. The molecule has 2 N–H and O–H groups in total. The zero-order valence-electron chi connectivity index (χ0n) is 14.1. The Balaban J connectivity index is 1.40. The Bertz CT molecular complexity index is 809. The van der Waals surface area contributed by atoms with E-state index in [1.54, 1.807) is 11.3 Å². The number of thiazole rings is 1. The predicted octanol–water partition coefficient (Wildman–Crippen LogP) is 4.63. The van der Waals surface area contributed by atoms with Crippen LogP contribution in [0.1, 0.15) is 25.0 Å². The highest BCUT2D eigenvalue weighted by Gasteiger charge is 2.14. The first-order chi connectivity index (χ1) is 12.4. The molecule has 3 heterocycles. The molecule has 1 saturated heterocycles. The molecule has 0 amide bonds. The molecule has 3 aromatic rings. The van der Waals surface area contributed by atoms with Crippen molar-refractivity contribution in [2.24, 2.45) is 0 Å². The van der Waals surface area contributed by atoms with E-state index in [1.165, 1.54) is 18.4 Å². The van der Waals surface area contributed by atoms with Crippen molar-refractivity contribution in [2.75, 3.05) is 11.9 Å². The van der Waals surface area contributed by atoms with Gasteiger partial charge in [0.25, 0.3) is 0 Å². The van der Waals surface area contributed by atoms with E-state index in [0.717, 1.165) is 40.9 Å². The Hall–Kier alpha value is -2.24. The predicted molar refractivity (Wildman–Crippen MR) is 104 cm³/mol. The maximum Gasteiger partial charge on any atom is 0.188 e. The highest BCUT2D eigenvalue weighted by Crippen LogP contribution is 2.30. The zero-order chi connectivity index (χ0) is 16.9. The lowest BCUT2D eigenvalue weighted by Crippen LogP contribution is -2.21. The molecular formula is C20H22N4S. The molecule has 0 saturated carbocycles. The van der Waals surface area contributed by atoms with E-state index in [0.29, 0.717) is 6.04 Å². The molecule has 4 nitrogen and oxygen atoms in total. The van der Waals surface area contributed by atoms with Gasteiger partial charge in [-0.05, 0) is 49.9 Å². The molecule has 0 aliphatic carbocycles.